The van der Waals surface area contributed by atoms with E-state index in [4.69, 9.17) is 8.83 Å². The molecule has 13 rings (SSSR count). The number of fused-ring (bicyclic) bond motifs is 7. The number of para-hydroxylation sites is 4. The third kappa shape index (κ3) is 4.54. The van der Waals surface area contributed by atoms with Crippen LogP contribution in [0.15, 0.2) is 203 Å². The molecule has 0 amide bonds. The minimum Gasteiger partial charge on any atom is -0.455 e. The van der Waals surface area contributed by atoms with Crippen LogP contribution in [0.4, 0.5) is 0 Å². The maximum Gasteiger partial charge on any atom is 0.143 e. The molecule has 0 radical (unpaired) electrons. The van der Waals surface area contributed by atoms with E-state index in [0.29, 0.717) is 0 Å². The third-order valence-electron chi connectivity index (χ3n) is 12.4. The second kappa shape index (κ2) is 11.9. The second-order valence-corrected chi connectivity index (χ2v) is 15.6. The van der Waals surface area contributed by atoms with E-state index in [-0.39, 0.29) is 0 Å². The molecule has 0 fully saturated rings. The van der Waals surface area contributed by atoms with Crippen molar-refractivity contribution in [2.45, 2.75) is 0 Å². The van der Waals surface area contributed by atoms with Crippen molar-refractivity contribution >= 4 is 87.0 Å². The van der Waals surface area contributed by atoms with E-state index >= 15 is 0 Å². The molecule has 2 heterocycles. The Morgan fingerprint density at radius 2 is 0.690 bits per heavy atom. The van der Waals surface area contributed by atoms with Crippen molar-refractivity contribution in [3.63, 3.8) is 0 Å². The van der Waals surface area contributed by atoms with Gasteiger partial charge in [0.2, 0.25) is 0 Å². The molecular weight excluding hydrogens is 705 g/mol. The van der Waals surface area contributed by atoms with Crippen LogP contribution < -0.4 is 0 Å². The summed E-state index contributed by atoms with van der Waals surface area (Å²) in [4.78, 5) is 0. The van der Waals surface area contributed by atoms with Crippen molar-refractivity contribution in [2.24, 2.45) is 0 Å². The summed E-state index contributed by atoms with van der Waals surface area (Å²) >= 11 is 0. The first-order valence-electron chi connectivity index (χ1n) is 19.9. The van der Waals surface area contributed by atoms with Crippen molar-refractivity contribution in [2.75, 3.05) is 0 Å². The highest BCUT2D eigenvalue weighted by Crippen LogP contribution is 2.46. The van der Waals surface area contributed by atoms with Crippen LogP contribution in [0.25, 0.3) is 131 Å². The topological polar surface area (TPSA) is 26.3 Å². The molecule has 0 N–H and O–H groups in total. The number of furan rings is 2. The Balaban J connectivity index is 1.08. The molecule has 2 aromatic heterocycles. The highest BCUT2D eigenvalue weighted by atomic mass is 16.3. The minimum atomic E-state index is 0.892. The van der Waals surface area contributed by atoms with Crippen LogP contribution in [0, 0.1) is 0 Å². The Bertz CT molecular complexity index is 3670. The molecule has 0 aliphatic carbocycles. The quantitative estimate of drug-likeness (QED) is 0.168. The van der Waals surface area contributed by atoms with Gasteiger partial charge in [-0.05, 0) is 113 Å². The summed E-state index contributed by atoms with van der Waals surface area (Å²) in [7, 11) is 0. The van der Waals surface area contributed by atoms with Crippen molar-refractivity contribution in [3.05, 3.63) is 194 Å². The van der Waals surface area contributed by atoms with Crippen LogP contribution in [0.1, 0.15) is 0 Å². The number of rotatable bonds is 4. The van der Waals surface area contributed by atoms with Crippen LogP contribution in [-0.4, -0.2) is 0 Å². The molecule has 0 saturated heterocycles. The Kier molecular flexibility index (Phi) is 6.47. The fourth-order valence-corrected chi connectivity index (χ4v) is 9.70. The zero-order chi connectivity index (χ0) is 37.9. The SMILES string of the molecule is c1ccc2cc(-c3ccc4ccc5c(-c6cc(-c7cccc8c7oc7ccccc78)cc(-c7cccc8c7oc7ccccc78)c6)ccc6ccc3c4c65)ccc2c1. The summed E-state index contributed by atoms with van der Waals surface area (Å²) < 4.78 is 13.3. The van der Waals surface area contributed by atoms with Crippen molar-refractivity contribution in [1.82, 2.24) is 0 Å². The Hall–Kier alpha value is -7.68. The lowest BCUT2D eigenvalue weighted by Gasteiger charge is -2.18. The molecule has 0 unspecified atom stereocenters. The van der Waals surface area contributed by atoms with Crippen LogP contribution in [0.3, 0.4) is 0 Å². The Morgan fingerprint density at radius 3 is 1.28 bits per heavy atom. The van der Waals surface area contributed by atoms with Crippen LogP contribution in [-0.2, 0) is 0 Å². The van der Waals surface area contributed by atoms with Gasteiger partial charge in [-0.3, -0.25) is 0 Å². The van der Waals surface area contributed by atoms with Gasteiger partial charge in [0.05, 0.1) is 0 Å². The van der Waals surface area contributed by atoms with E-state index in [1.165, 1.54) is 59.8 Å². The average molecular weight is 737 g/mol. The molecule has 0 aliphatic heterocycles. The van der Waals surface area contributed by atoms with Gasteiger partial charge in [-0.2, -0.15) is 0 Å². The molecule has 0 aliphatic rings. The molecule has 268 valence electrons. The predicted molar refractivity (Wildman–Crippen MR) is 244 cm³/mol. The molecule has 0 bridgehead atoms. The van der Waals surface area contributed by atoms with Crippen LogP contribution in [0.5, 0.6) is 0 Å². The fourth-order valence-electron chi connectivity index (χ4n) is 9.70. The number of hydrogen-bond acceptors (Lipinski definition) is 2. The summed E-state index contributed by atoms with van der Waals surface area (Å²) in [5.41, 5.74) is 12.7. The summed E-state index contributed by atoms with van der Waals surface area (Å²) in [6.07, 6.45) is 0. The Morgan fingerprint density at radius 1 is 0.241 bits per heavy atom. The van der Waals surface area contributed by atoms with Gasteiger partial charge in [0.1, 0.15) is 22.3 Å². The van der Waals surface area contributed by atoms with Gasteiger partial charge in [-0.1, -0.05) is 158 Å². The highest BCUT2D eigenvalue weighted by molar-refractivity contribution is 6.28. The minimum absolute atomic E-state index is 0.892. The molecule has 11 aromatic carbocycles. The van der Waals surface area contributed by atoms with E-state index in [0.717, 1.165) is 71.7 Å². The van der Waals surface area contributed by atoms with Crippen molar-refractivity contribution in [1.29, 1.82) is 0 Å². The molecule has 2 heteroatoms. The summed E-state index contributed by atoms with van der Waals surface area (Å²) in [5.74, 6) is 0. The van der Waals surface area contributed by atoms with Gasteiger partial charge >= 0.3 is 0 Å². The molecule has 0 atom stereocenters. The lowest BCUT2D eigenvalue weighted by atomic mass is 9.86. The third-order valence-corrected chi connectivity index (χ3v) is 12.4. The van der Waals surface area contributed by atoms with Gasteiger partial charge in [-0.25, -0.2) is 0 Å². The van der Waals surface area contributed by atoms with Crippen LogP contribution >= 0.6 is 0 Å². The maximum atomic E-state index is 6.64. The summed E-state index contributed by atoms with van der Waals surface area (Å²) in [6, 6.07) is 70.5. The average Bonchev–Trinajstić information content (AvgIpc) is 3.86. The van der Waals surface area contributed by atoms with Gasteiger partial charge in [-0.15, -0.1) is 0 Å². The molecule has 58 heavy (non-hydrogen) atoms. The zero-order valence-electron chi connectivity index (χ0n) is 31.3. The zero-order valence-corrected chi connectivity index (χ0v) is 31.3. The molecule has 0 saturated carbocycles. The summed E-state index contributed by atoms with van der Waals surface area (Å²) in [5, 5.41) is 14.6. The van der Waals surface area contributed by atoms with E-state index < -0.39 is 0 Å². The predicted octanol–water partition coefficient (Wildman–Crippen LogP) is 16.2. The lowest BCUT2D eigenvalue weighted by molar-refractivity contribution is 0.670. The molecule has 2 nitrogen and oxygen atoms in total. The first-order valence-corrected chi connectivity index (χ1v) is 19.9. The fraction of sp³-hybridized carbons (Fsp3) is 0. The molecule has 0 spiro atoms. The molecular formula is C56H32O2. The van der Waals surface area contributed by atoms with Gasteiger partial charge in [0.15, 0.2) is 0 Å². The maximum absolute atomic E-state index is 6.64. The summed E-state index contributed by atoms with van der Waals surface area (Å²) in [6.45, 7) is 0. The van der Waals surface area contributed by atoms with Crippen molar-refractivity contribution < 1.29 is 8.83 Å². The van der Waals surface area contributed by atoms with E-state index in [9.17, 15) is 0 Å². The largest absolute Gasteiger partial charge is 0.455 e. The smallest absolute Gasteiger partial charge is 0.143 e. The van der Waals surface area contributed by atoms with Crippen molar-refractivity contribution in [3.8, 4) is 44.5 Å². The Labute approximate surface area is 333 Å². The van der Waals surface area contributed by atoms with E-state index in [2.05, 4.69) is 182 Å². The van der Waals surface area contributed by atoms with E-state index in [1.54, 1.807) is 0 Å². The number of benzene rings is 11. The van der Waals surface area contributed by atoms with E-state index in [1.807, 2.05) is 12.1 Å². The van der Waals surface area contributed by atoms with Gasteiger partial charge in [0.25, 0.3) is 0 Å². The van der Waals surface area contributed by atoms with Gasteiger partial charge < -0.3 is 8.83 Å². The number of hydrogen-bond donors (Lipinski definition) is 0. The second-order valence-electron chi connectivity index (χ2n) is 15.6. The highest BCUT2D eigenvalue weighted by Gasteiger charge is 2.20. The standard InChI is InChI=1S/C56H32O2/c1-2-10-36-29-37(20-19-33(36)9-1)41-25-21-34-24-28-48-42(26-22-35-23-27-47(41)53(34)54(35)48)38-30-39(43-13-7-15-49-45-11-3-5-17-51(45)57-55(43)49)32-40(31-38)44-14-8-16-50-46-12-4-6-18-52(46)58-56(44)50/h1-32H. The first-order chi connectivity index (χ1) is 28.7. The monoisotopic (exact) mass is 736 g/mol. The lowest BCUT2D eigenvalue weighted by Crippen LogP contribution is -1.91. The first kappa shape index (κ1) is 31.5. The normalized spacial score (nSPS) is 12.1. The van der Waals surface area contributed by atoms with Crippen LogP contribution in [0.2, 0.25) is 0 Å². The van der Waals surface area contributed by atoms with Gasteiger partial charge in [0, 0.05) is 32.7 Å². The molecule has 13 aromatic rings.